The van der Waals surface area contributed by atoms with Crippen LogP contribution in [0.2, 0.25) is 0 Å². The van der Waals surface area contributed by atoms with Crippen LogP contribution < -0.4 is 39.7 Å². The van der Waals surface area contributed by atoms with E-state index >= 15 is 0 Å². The average Bonchev–Trinajstić information content (AvgIpc) is 2.98. The maximum atomic E-state index is 12.3. The molecular formula is C11H13N4NaO9S2. The summed E-state index contributed by atoms with van der Waals surface area (Å²) in [4.78, 5) is 53.5. The van der Waals surface area contributed by atoms with Gasteiger partial charge in [-0.3, -0.25) is 18.9 Å². The second kappa shape index (κ2) is 8.94. The summed E-state index contributed by atoms with van der Waals surface area (Å²) in [5.74, 6) is -3.48. The van der Waals surface area contributed by atoms with E-state index in [1.807, 2.05) is 0 Å². The molecule has 0 spiro atoms. The molecule has 0 bridgehead atoms. The number of thiazole rings is 1. The van der Waals surface area contributed by atoms with Crippen LogP contribution in [0.4, 0.5) is 0 Å². The Kier molecular flexibility index (Phi) is 7.70. The SMILES string of the molecule is CO/N=C(\C(=O)NC1C(=O)N(S(=O)(=O)O)C1C(=O)OC)c1csc(=O)[nH]1.[H-].[Na+]. The third-order valence-corrected chi connectivity index (χ3v) is 4.78. The van der Waals surface area contributed by atoms with Gasteiger partial charge in [0.25, 0.3) is 11.8 Å². The molecule has 3 N–H and O–H groups in total. The van der Waals surface area contributed by atoms with Gasteiger partial charge in [-0.25, -0.2) is 4.79 Å². The number of aromatic nitrogens is 1. The standard InChI is InChI=1S/C11H12N4O9S2.Na.H/c1-23-10(18)7-6(9(17)15(7)26(20,21)22)13-8(16)5(14-24-2)4-3-25-11(19)12-4;;/h3,6-7H,1-2H3,(H,12,19)(H,13,16)(H,20,21,22);;/q;+1;-1/b14-5-;;. The monoisotopic (exact) mass is 432 g/mol. The summed E-state index contributed by atoms with van der Waals surface area (Å²) in [5.41, 5.74) is -0.444. The van der Waals surface area contributed by atoms with E-state index in [2.05, 4.69) is 25.0 Å². The molecule has 144 valence electrons. The van der Waals surface area contributed by atoms with Crippen molar-refractivity contribution in [2.75, 3.05) is 14.2 Å². The molecule has 27 heavy (non-hydrogen) atoms. The van der Waals surface area contributed by atoms with Crippen molar-refractivity contribution in [2.45, 2.75) is 12.1 Å². The van der Waals surface area contributed by atoms with Gasteiger partial charge in [-0.1, -0.05) is 16.5 Å². The number of H-pyrrole nitrogens is 1. The van der Waals surface area contributed by atoms with E-state index in [0.717, 1.165) is 25.6 Å². The van der Waals surface area contributed by atoms with Crippen molar-refractivity contribution in [2.24, 2.45) is 5.16 Å². The van der Waals surface area contributed by atoms with E-state index < -0.39 is 50.8 Å². The number of rotatable bonds is 6. The number of oxime groups is 1. The summed E-state index contributed by atoms with van der Waals surface area (Å²) in [6, 6.07) is -3.43. The Hall–Kier alpha value is -1.78. The van der Waals surface area contributed by atoms with Crippen molar-refractivity contribution in [3.8, 4) is 0 Å². The number of hydrogen-bond acceptors (Lipinski definition) is 10. The van der Waals surface area contributed by atoms with Crippen LogP contribution in [0.5, 0.6) is 0 Å². The number of methoxy groups -OCH3 is 1. The fraction of sp³-hybridized carbons (Fsp3) is 0.364. The summed E-state index contributed by atoms with van der Waals surface area (Å²) in [6.45, 7) is 0. The Morgan fingerprint density at radius 1 is 1.41 bits per heavy atom. The van der Waals surface area contributed by atoms with Crippen molar-refractivity contribution >= 4 is 45.1 Å². The van der Waals surface area contributed by atoms with Crippen molar-refractivity contribution in [3.05, 3.63) is 20.7 Å². The van der Waals surface area contributed by atoms with Gasteiger partial charge in [-0.05, 0) is 0 Å². The minimum absolute atomic E-state index is 0. The summed E-state index contributed by atoms with van der Waals surface area (Å²) in [5, 5.41) is 6.79. The summed E-state index contributed by atoms with van der Waals surface area (Å²) in [7, 11) is -2.98. The second-order valence-electron chi connectivity index (χ2n) is 4.72. The van der Waals surface area contributed by atoms with Gasteiger partial charge >= 0.3 is 50.7 Å². The van der Waals surface area contributed by atoms with Crippen LogP contribution >= 0.6 is 11.3 Å². The second-order valence-corrected chi connectivity index (χ2v) is 6.85. The maximum Gasteiger partial charge on any atom is 1.00 e. The van der Waals surface area contributed by atoms with E-state index in [9.17, 15) is 27.6 Å². The molecule has 1 aromatic rings. The van der Waals surface area contributed by atoms with E-state index in [4.69, 9.17) is 4.55 Å². The van der Waals surface area contributed by atoms with Gasteiger partial charge in [-0.2, -0.15) is 12.7 Å². The minimum atomic E-state index is -5.04. The number of ether oxygens (including phenoxy) is 1. The Morgan fingerprint density at radius 2 is 2.04 bits per heavy atom. The van der Waals surface area contributed by atoms with Gasteiger partial charge in [0.15, 0.2) is 11.8 Å². The quantitative estimate of drug-likeness (QED) is 0.0985. The van der Waals surface area contributed by atoms with Gasteiger partial charge < -0.3 is 21.3 Å². The molecule has 2 unspecified atom stereocenters. The molecule has 1 saturated heterocycles. The smallest absolute Gasteiger partial charge is 1.00 e. The summed E-state index contributed by atoms with van der Waals surface area (Å²) >= 11 is 0.739. The predicted molar refractivity (Wildman–Crippen MR) is 85.7 cm³/mol. The predicted octanol–water partition coefficient (Wildman–Crippen LogP) is -5.43. The van der Waals surface area contributed by atoms with Crippen LogP contribution in [0, 0.1) is 0 Å². The fourth-order valence-electron chi connectivity index (χ4n) is 2.12. The molecule has 0 aromatic carbocycles. The topological polar surface area (TPSA) is 185 Å². The number of carbonyl (C=O) groups is 3. The molecule has 2 atom stereocenters. The third kappa shape index (κ3) is 4.74. The van der Waals surface area contributed by atoms with Gasteiger partial charge in [0.2, 0.25) is 0 Å². The molecule has 2 heterocycles. The minimum Gasteiger partial charge on any atom is -1.00 e. The first-order chi connectivity index (χ1) is 12.1. The number of amides is 2. The average molecular weight is 432 g/mol. The Morgan fingerprint density at radius 3 is 2.48 bits per heavy atom. The molecule has 16 heteroatoms. The van der Waals surface area contributed by atoms with E-state index in [1.165, 1.54) is 5.38 Å². The number of carbonyl (C=O) groups excluding carboxylic acids is 3. The normalized spacial score (nSPS) is 19.6. The zero-order valence-corrected chi connectivity index (χ0v) is 17.8. The van der Waals surface area contributed by atoms with Crippen LogP contribution in [0.3, 0.4) is 0 Å². The molecule has 1 aromatic heterocycles. The molecule has 1 aliphatic rings. The first kappa shape index (κ1) is 23.3. The number of β-lactam (4-membered cyclic amide) rings is 1. The van der Waals surface area contributed by atoms with Crippen LogP contribution in [0.1, 0.15) is 7.12 Å². The Labute approximate surface area is 179 Å². The van der Waals surface area contributed by atoms with E-state index in [-0.39, 0.29) is 41.0 Å². The Balaban J connectivity index is 0.00000364. The number of nitrogens with one attached hydrogen (secondary N) is 2. The zero-order chi connectivity index (χ0) is 19.6. The van der Waals surface area contributed by atoms with Gasteiger partial charge in [0, 0.05) is 5.38 Å². The van der Waals surface area contributed by atoms with Crippen LogP contribution in [-0.4, -0.2) is 72.1 Å². The first-order valence-electron chi connectivity index (χ1n) is 6.60. The van der Waals surface area contributed by atoms with Crippen LogP contribution in [0.25, 0.3) is 0 Å². The molecule has 0 saturated carbocycles. The van der Waals surface area contributed by atoms with E-state index in [1.54, 1.807) is 0 Å². The van der Waals surface area contributed by atoms with Gasteiger partial charge in [0.1, 0.15) is 13.2 Å². The molecule has 0 radical (unpaired) electrons. The molecule has 2 amide bonds. The molecule has 1 aliphatic heterocycles. The number of nitrogens with zero attached hydrogens (tertiary/aromatic N) is 2. The van der Waals surface area contributed by atoms with Crippen molar-refractivity contribution in [3.63, 3.8) is 0 Å². The van der Waals surface area contributed by atoms with Crippen LogP contribution in [0.15, 0.2) is 15.3 Å². The molecule has 1 fully saturated rings. The number of hydrogen-bond donors (Lipinski definition) is 3. The van der Waals surface area contributed by atoms with Gasteiger partial charge in [-0.15, -0.1) is 0 Å². The third-order valence-electron chi connectivity index (χ3n) is 3.20. The fourth-order valence-corrected chi connectivity index (χ4v) is 3.52. The largest absolute Gasteiger partial charge is 1.00 e. The Bertz CT molecular complexity index is 944. The van der Waals surface area contributed by atoms with E-state index in [0.29, 0.717) is 0 Å². The summed E-state index contributed by atoms with van der Waals surface area (Å²) < 4.78 is 35.7. The molecular weight excluding hydrogens is 419 g/mol. The van der Waals surface area contributed by atoms with Crippen molar-refractivity contribution in [1.29, 1.82) is 0 Å². The zero-order valence-electron chi connectivity index (χ0n) is 15.2. The van der Waals surface area contributed by atoms with Crippen LogP contribution in [-0.2, 0) is 34.3 Å². The number of esters is 1. The molecule has 13 nitrogen and oxygen atoms in total. The summed E-state index contributed by atoms with van der Waals surface area (Å²) in [6.07, 6.45) is 0. The first-order valence-corrected chi connectivity index (χ1v) is 8.88. The van der Waals surface area contributed by atoms with Crippen molar-refractivity contribution < 1.29 is 67.9 Å². The number of aromatic amines is 1. The van der Waals surface area contributed by atoms with Crippen molar-refractivity contribution in [1.82, 2.24) is 14.6 Å². The van der Waals surface area contributed by atoms with Gasteiger partial charge in [0.05, 0.1) is 12.8 Å². The molecule has 2 rings (SSSR count). The molecule has 0 aliphatic carbocycles. The maximum absolute atomic E-state index is 12.3.